The van der Waals surface area contributed by atoms with Gasteiger partial charge in [0, 0.05) is 21.5 Å². The standard InChI is InChI=1S/C19H17ClN2O3/c1-3-25-19(24)17-16(13-6-4-5-7-15(13)21-17)22-18(23)12-8-9-14(20)11(2)10-12/h4-10,21H,3H2,1-2H3,(H,22,23). The topological polar surface area (TPSA) is 71.2 Å². The van der Waals surface area contributed by atoms with E-state index in [9.17, 15) is 9.59 Å². The molecule has 0 radical (unpaired) electrons. The van der Waals surface area contributed by atoms with E-state index in [-0.39, 0.29) is 18.2 Å². The number of hydrogen-bond acceptors (Lipinski definition) is 3. The van der Waals surface area contributed by atoms with Gasteiger partial charge in [0.1, 0.15) is 5.69 Å². The van der Waals surface area contributed by atoms with E-state index in [0.717, 1.165) is 16.5 Å². The van der Waals surface area contributed by atoms with Crippen molar-refractivity contribution in [3.8, 4) is 0 Å². The molecule has 3 rings (SSSR count). The summed E-state index contributed by atoms with van der Waals surface area (Å²) < 4.78 is 5.08. The molecule has 128 valence electrons. The molecule has 0 aliphatic heterocycles. The van der Waals surface area contributed by atoms with Crippen LogP contribution in [0.15, 0.2) is 42.5 Å². The minimum absolute atomic E-state index is 0.224. The number of ether oxygens (including phenoxy) is 1. The Kier molecular flexibility index (Phi) is 4.76. The van der Waals surface area contributed by atoms with Crippen LogP contribution in [0, 0.1) is 6.92 Å². The van der Waals surface area contributed by atoms with Crippen molar-refractivity contribution in [3.05, 3.63) is 64.3 Å². The second-order valence-corrected chi connectivity index (χ2v) is 5.97. The van der Waals surface area contributed by atoms with E-state index >= 15 is 0 Å². The van der Waals surface area contributed by atoms with E-state index in [1.54, 1.807) is 25.1 Å². The molecule has 0 bridgehead atoms. The van der Waals surface area contributed by atoms with Crippen LogP contribution in [0.1, 0.15) is 33.3 Å². The molecule has 2 N–H and O–H groups in total. The van der Waals surface area contributed by atoms with Gasteiger partial charge in [-0.1, -0.05) is 29.8 Å². The minimum Gasteiger partial charge on any atom is -0.461 e. The number of halogens is 1. The smallest absolute Gasteiger partial charge is 0.356 e. The molecule has 1 aromatic heterocycles. The van der Waals surface area contributed by atoms with Crippen molar-refractivity contribution in [2.45, 2.75) is 13.8 Å². The second-order valence-electron chi connectivity index (χ2n) is 5.56. The Labute approximate surface area is 149 Å². The number of nitrogens with one attached hydrogen (secondary N) is 2. The van der Waals surface area contributed by atoms with Crippen molar-refractivity contribution < 1.29 is 14.3 Å². The molecule has 0 saturated heterocycles. The fourth-order valence-corrected chi connectivity index (χ4v) is 2.72. The molecule has 0 spiro atoms. The average Bonchev–Trinajstić information content (AvgIpc) is 2.96. The summed E-state index contributed by atoms with van der Waals surface area (Å²) in [5.74, 6) is -0.837. The maximum absolute atomic E-state index is 12.6. The van der Waals surface area contributed by atoms with Crippen molar-refractivity contribution >= 4 is 40.1 Å². The lowest BCUT2D eigenvalue weighted by atomic mass is 10.1. The highest BCUT2D eigenvalue weighted by Gasteiger charge is 2.21. The van der Waals surface area contributed by atoms with Crippen molar-refractivity contribution in [1.82, 2.24) is 4.98 Å². The third-order valence-corrected chi connectivity index (χ3v) is 4.27. The summed E-state index contributed by atoms with van der Waals surface area (Å²) in [5, 5.41) is 4.16. The van der Waals surface area contributed by atoms with Gasteiger partial charge in [0.05, 0.1) is 12.3 Å². The van der Waals surface area contributed by atoms with Gasteiger partial charge in [0.25, 0.3) is 5.91 Å². The monoisotopic (exact) mass is 356 g/mol. The molecule has 0 atom stereocenters. The number of anilines is 1. The molecule has 2 aromatic carbocycles. The van der Waals surface area contributed by atoms with E-state index in [0.29, 0.717) is 16.3 Å². The van der Waals surface area contributed by atoms with E-state index in [2.05, 4.69) is 10.3 Å². The lowest BCUT2D eigenvalue weighted by Crippen LogP contribution is -2.15. The summed E-state index contributed by atoms with van der Waals surface area (Å²) in [4.78, 5) is 27.9. The molecule has 1 heterocycles. The molecule has 5 nitrogen and oxygen atoms in total. The Morgan fingerprint density at radius 1 is 1.20 bits per heavy atom. The van der Waals surface area contributed by atoms with Gasteiger partial charge in [-0.05, 0) is 43.7 Å². The predicted molar refractivity (Wildman–Crippen MR) is 98.4 cm³/mol. The number of aryl methyl sites for hydroxylation is 1. The molecule has 0 aliphatic carbocycles. The van der Waals surface area contributed by atoms with Crippen LogP contribution in [-0.2, 0) is 4.74 Å². The number of amides is 1. The Hall–Kier alpha value is -2.79. The predicted octanol–water partition coefficient (Wildman–Crippen LogP) is 4.56. The zero-order valence-electron chi connectivity index (χ0n) is 13.9. The first kappa shape index (κ1) is 17.0. The molecule has 0 fully saturated rings. The first-order valence-corrected chi connectivity index (χ1v) is 8.24. The second kappa shape index (κ2) is 6.99. The number of esters is 1. The number of carbonyl (C=O) groups is 2. The minimum atomic E-state index is -0.513. The lowest BCUT2D eigenvalue weighted by molar-refractivity contribution is 0.0522. The largest absolute Gasteiger partial charge is 0.461 e. The highest BCUT2D eigenvalue weighted by Crippen LogP contribution is 2.29. The SMILES string of the molecule is CCOC(=O)c1[nH]c2ccccc2c1NC(=O)c1ccc(Cl)c(C)c1. The van der Waals surface area contributed by atoms with Crippen LogP contribution < -0.4 is 5.32 Å². The maximum atomic E-state index is 12.6. The van der Waals surface area contributed by atoms with Crippen LogP contribution in [0.25, 0.3) is 10.9 Å². The van der Waals surface area contributed by atoms with Gasteiger partial charge in [-0.2, -0.15) is 0 Å². The van der Waals surface area contributed by atoms with E-state index in [1.807, 2.05) is 31.2 Å². The number of benzene rings is 2. The lowest BCUT2D eigenvalue weighted by Gasteiger charge is -2.08. The molecular formula is C19H17ClN2O3. The molecular weight excluding hydrogens is 340 g/mol. The van der Waals surface area contributed by atoms with Crippen LogP contribution in [-0.4, -0.2) is 23.5 Å². The van der Waals surface area contributed by atoms with Gasteiger partial charge < -0.3 is 15.0 Å². The van der Waals surface area contributed by atoms with Crippen LogP contribution >= 0.6 is 11.6 Å². The summed E-state index contributed by atoms with van der Waals surface area (Å²) in [7, 11) is 0. The number of carbonyl (C=O) groups excluding carboxylic acids is 2. The van der Waals surface area contributed by atoms with E-state index in [1.165, 1.54) is 0 Å². The Balaban J connectivity index is 2.01. The highest BCUT2D eigenvalue weighted by molar-refractivity contribution is 6.31. The summed E-state index contributed by atoms with van der Waals surface area (Å²) in [6, 6.07) is 12.4. The van der Waals surface area contributed by atoms with Gasteiger partial charge in [0.15, 0.2) is 0 Å². The molecule has 0 saturated carbocycles. The van der Waals surface area contributed by atoms with Crippen molar-refractivity contribution in [2.75, 3.05) is 11.9 Å². The van der Waals surface area contributed by atoms with Crippen LogP contribution in [0.3, 0.4) is 0 Å². The Morgan fingerprint density at radius 3 is 2.68 bits per heavy atom. The molecule has 3 aromatic rings. The number of para-hydroxylation sites is 1. The van der Waals surface area contributed by atoms with E-state index < -0.39 is 5.97 Å². The van der Waals surface area contributed by atoms with E-state index in [4.69, 9.17) is 16.3 Å². The Bertz CT molecular complexity index is 962. The molecule has 1 amide bonds. The zero-order valence-corrected chi connectivity index (χ0v) is 14.6. The first-order chi connectivity index (χ1) is 12.0. The fraction of sp³-hybridized carbons (Fsp3) is 0.158. The number of aromatic amines is 1. The van der Waals surface area contributed by atoms with Gasteiger partial charge >= 0.3 is 5.97 Å². The van der Waals surface area contributed by atoms with Crippen molar-refractivity contribution in [1.29, 1.82) is 0 Å². The maximum Gasteiger partial charge on any atom is 0.356 e. The van der Waals surface area contributed by atoms with Gasteiger partial charge in [0.2, 0.25) is 0 Å². The molecule has 0 unspecified atom stereocenters. The summed E-state index contributed by atoms with van der Waals surface area (Å²) >= 11 is 6.01. The van der Waals surface area contributed by atoms with Crippen LogP contribution in [0.4, 0.5) is 5.69 Å². The quantitative estimate of drug-likeness (QED) is 0.673. The van der Waals surface area contributed by atoms with Crippen molar-refractivity contribution in [3.63, 3.8) is 0 Å². The van der Waals surface area contributed by atoms with Crippen LogP contribution in [0.5, 0.6) is 0 Å². The van der Waals surface area contributed by atoms with Gasteiger partial charge in [-0.3, -0.25) is 4.79 Å². The summed E-state index contributed by atoms with van der Waals surface area (Å²) in [6.07, 6.45) is 0. The van der Waals surface area contributed by atoms with Gasteiger partial charge in [-0.15, -0.1) is 0 Å². The molecule has 25 heavy (non-hydrogen) atoms. The van der Waals surface area contributed by atoms with Crippen molar-refractivity contribution in [2.24, 2.45) is 0 Å². The third-order valence-electron chi connectivity index (χ3n) is 3.84. The zero-order chi connectivity index (χ0) is 18.0. The third kappa shape index (κ3) is 3.37. The molecule has 6 heteroatoms. The molecule has 0 aliphatic rings. The average molecular weight is 357 g/mol. The summed E-state index contributed by atoms with van der Waals surface area (Å²) in [6.45, 7) is 3.81. The highest BCUT2D eigenvalue weighted by atomic mass is 35.5. The number of hydrogen-bond donors (Lipinski definition) is 2. The summed E-state index contributed by atoms with van der Waals surface area (Å²) in [5.41, 5.74) is 2.64. The fourth-order valence-electron chi connectivity index (χ4n) is 2.60. The first-order valence-electron chi connectivity index (χ1n) is 7.86. The number of H-pyrrole nitrogens is 1. The number of aromatic nitrogens is 1. The van der Waals surface area contributed by atoms with Gasteiger partial charge in [-0.25, -0.2) is 4.79 Å². The normalized spacial score (nSPS) is 10.7. The Morgan fingerprint density at radius 2 is 1.96 bits per heavy atom. The number of rotatable bonds is 4. The van der Waals surface area contributed by atoms with Crippen LogP contribution in [0.2, 0.25) is 5.02 Å². The number of fused-ring (bicyclic) bond motifs is 1.